The molecular formula is C13H14Cl2NO3. The average molecular weight is 303 g/mol. The standard InChI is InChI=1S/C13H14Cl2NO3/c1-3-6-18-13(17)9(2)19-16-8-10-4-5-11(14)7-12(10)15/h4,7-9H,3,6H2,1-2H3. The van der Waals surface area contributed by atoms with Gasteiger partial charge in [0.2, 0.25) is 6.10 Å². The summed E-state index contributed by atoms with van der Waals surface area (Å²) in [7, 11) is 0. The van der Waals surface area contributed by atoms with Crippen LogP contribution in [0.5, 0.6) is 0 Å². The molecule has 0 aliphatic heterocycles. The highest BCUT2D eigenvalue weighted by atomic mass is 35.5. The Balaban J connectivity index is 2.51. The van der Waals surface area contributed by atoms with Gasteiger partial charge in [-0.25, -0.2) is 4.79 Å². The van der Waals surface area contributed by atoms with Crippen molar-refractivity contribution in [3.05, 3.63) is 33.8 Å². The number of nitrogens with zero attached hydrogens (tertiary/aromatic N) is 1. The highest BCUT2D eigenvalue weighted by Gasteiger charge is 2.15. The minimum absolute atomic E-state index is 0.369. The molecule has 6 heteroatoms. The van der Waals surface area contributed by atoms with Crippen LogP contribution in [0.15, 0.2) is 17.3 Å². The predicted octanol–water partition coefficient (Wildman–Crippen LogP) is 3.49. The van der Waals surface area contributed by atoms with Crippen molar-refractivity contribution in [1.82, 2.24) is 0 Å². The fourth-order valence-electron chi connectivity index (χ4n) is 1.09. The van der Waals surface area contributed by atoms with Gasteiger partial charge in [-0.1, -0.05) is 35.3 Å². The van der Waals surface area contributed by atoms with Gasteiger partial charge in [0.05, 0.1) is 17.8 Å². The van der Waals surface area contributed by atoms with E-state index in [0.29, 0.717) is 22.2 Å². The number of carbonyl (C=O) groups excluding carboxylic acids is 1. The molecule has 1 radical (unpaired) electrons. The van der Waals surface area contributed by atoms with Crippen LogP contribution in [0.4, 0.5) is 0 Å². The number of halogens is 2. The molecule has 1 rings (SSSR count). The van der Waals surface area contributed by atoms with Crippen molar-refractivity contribution >= 4 is 35.4 Å². The van der Waals surface area contributed by atoms with E-state index in [4.69, 9.17) is 32.8 Å². The lowest BCUT2D eigenvalue weighted by Gasteiger charge is -2.08. The van der Waals surface area contributed by atoms with Gasteiger partial charge in [-0.2, -0.15) is 0 Å². The number of oxime groups is 1. The molecule has 1 atom stereocenters. The highest BCUT2D eigenvalue weighted by molar-refractivity contribution is 6.36. The average Bonchev–Trinajstić information content (AvgIpc) is 2.38. The van der Waals surface area contributed by atoms with Crippen LogP contribution in [0.2, 0.25) is 10.0 Å². The van der Waals surface area contributed by atoms with Crippen LogP contribution < -0.4 is 0 Å². The summed E-state index contributed by atoms with van der Waals surface area (Å²) < 4.78 is 4.91. The van der Waals surface area contributed by atoms with Gasteiger partial charge in [-0.15, -0.1) is 0 Å². The summed E-state index contributed by atoms with van der Waals surface area (Å²) in [5.74, 6) is -0.451. The molecule has 1 aromatic carbocycles. The van der Waals surface area contributed by atoms with E-state index in [2.05, 4.69) is 11.2 Å². The van der Waals surface area contributed by atoms with E-state index < -0.39 is 12.1 Å². The zero-order valence-electron chi connectivity index (χ0n) is 10.7. The Morgan fingerprint density at radius 1 is 1.58 bits per heavy atom. The molecule has 0 N–H and O–H groups in total. The van der Waals surface area contributed by atoms with Crippen molar-refractivity contribution < 1.29 is 14.4 Å². The third-order valence-corrected chi connectivity index (χ3v) is 2.63. The molecule has 0 fully saturated rings. The molecule has 0 aliphatic rings. The molecule has 0 aromatic heterocycles. The van der Waals surface area contributed by atoms with Gasteiger partial charge in [0, 0.05) is 16.7 Å². The Kier molecular flexibility index (Phi) is 6.67. The van der Waals surface area contributed by atoms with Gasteiger partial charge < -0.3 is 9.57 Å². The Morgan fingerprint density at radius 2 is 2.32 bits per heavy atom. The summed E-state index contributed by atoms with van der Waals surface area (Å²) in [6.07, 6.45) is 1.38. The molecule has 0 spiro atoms. The first-order chi connectivity index (χ1) is 9.04. The van der Waals surface area contributed by atoms with E-state index in [9.17, 15) is 4.79 Å². The molecule has 1 unspecified atom stereocenters. The number of hydrogen-bond donors (Lipinski definition) is 0. The molecule has 19 heavy (non-hydrogen) atoms. The van der Waals surface area contributed by atoms with E-state index in [1.54, 1.807) is 19.1 Å². The van der Waals surface area contributed by atoms with Gasteiger partial charge in [0.15, 0.2) is 0 Å². The van der Waals surface area contributed by atoms with E-state index in [-0.39, 0.29) is 0 Å². The maximum atomic E-state index is 11.4. The number of benzene rings is 1. The molecule has 1 aromatic rings. The Labute approximate surface area is 122 Å². The van der Waals surface area contributed by atoms with Crippen molar-refractivity contribution in [3.8, 4) is 0 Å². The largest absolute Gasteiger partial charge is 0.463 e. The molecule has 0 amide bonds. The summed E-state index contributed by atoms with van der Waals surface area (Å²) >= 11 is 11.6. The SMILES string of the molecule is CCCOC(=O)C(C)ON=Cc1c[c]c(Cl)cc1Cl. The molecule has 0 saturated heterocycles. The lowest BCUT2D eigenvalue weighted by molar-refractivity contribution is -0.155. The number of hydrogen-bond acceptors (Lipinski definition) is 4. The maximum absolute atomic E-state index is 11.4. The fraction of sp³-hybridized carbons (Fsp3) is 0.385. The van der Waals surface area contributed by atoms with Crippen LogP contribution in [0.1, 0.15) is 25.8 Å². The van der Waals surface area contributed by atoms with Gasteiger partial charge >= 0.3 is 5.97 Å². The minimum Gasteiger partial charge on any atom is -0.463 e. The lowest BCUT2D eigenvalue weighted by Crippen LogP contribution is -2.21. The second kappa shape index (κ2) is 8.02. The van der Waals surface area contributed by atoms with Crippen molar-refractivity contribution in [2.75, 3.05) is 6.61 Å². The van der Waals surface area contributed by atoms with Crippen molar-refractivity contribution in [2.45, 2.75) is 26.4 Å². The number of ether oxygens (including phenoxy) is 1. The highest BCUT2D eigenvalue weighted by Crippen LogP contribution is 2.18. The number of esters is 1. The van der Waals surface area contributed by atoms with Crippen LogP contribution >= 0.6 is 23.2 Å². The molecular weight excluding hydrogens is 289 g/mol. The van der Waals surface area contributed by atoms with Crippen molar-refractivity contribution in [2.24, 2.45) is 5.16 Å². The van der Waals surface area contributed by atoms with E-state index in [0.717, 1.165) is 6.42 Å². The molecule has 0 heterocycles. The summed E-state index contributed by atoms with van der Waals surface area (Å²) in [6, 6.07) is 5.90. The van der Waals surface area contributed by atoms with E-state index >= 15 is 0 Å². The molecule has 103 valence electrons. The Bertz CT molecular complexity index is 463. The monoisotopic (exact) mass is 302 g/mol. The molecule has 4 nitrogen and oxygen atoms in total. The van der Waals surface area contributed by atoms with Crippen molar-refractivity contribution in [3.63, 3.8) is 0 Å². The number of rotatable bonds is 6. The maximum Gasteiger partial charge on any atom is 0.349 e. The molecule has 0 saturated carbocycles. The first kappa shape index (κ1) is 15.8. The van der Waals surface area contributed by atoms with Crippen LogP contribution in [0, 0.1) is 6.07 Å². The summed E-state index contributed by atoms with van der Waals surface area (Å²) in [4.78, 5) is 16.4. The zero-order valence-corrected chi connectivity index (χ0v) is 12.2. The zero-order chi connectivity index (χ0) is 14.3. The minimum atomic E-state index is -0.766. The predicted molar refractivity (Wildman–Crippen MR) is 74.7 cm³/mol. The van der Waals surface area contributed by atoms with Crippen LogP contribution in [-0.4, -0.2) is 24.9 Å². The topological polar surface area (TPSA) is 47.9 Å². The smallest absolute Gasteiger partial charge is 0.349 e. The normalized spacial score (nSPS) is 12.4. The fourth-order valence-corrected chi connectivity index (χ4v) is 1.52. The summed E-state index contributed by atoms with van der Waals surface area (Å²) in [5.41, 5.74) is 0.597. The second-order valence-electron chi connectivity index (χ2n) is 3.73. The van der Waals surface area contributed by atoms with Crippen LogP contribution in [0.3, 0.4) is 0 Å². The van der Waals surface area contributed by atoms with E-state index in [1.165, 1.54) is 6.21 Å². The number of carbonyl (C=O) groups is 1. The van der Waals surface area contributed by atoms with Crippen LogP contribution in [0.25, 0.3) is 0 Å². The van der Waals surface area contributed by atoms with Gasteiger partial charge in [-0.05, 0) is 25.5 Å². The summed E-state index contributed by atoms with van der Waals surface area (Å²) in [6.45, 7) is 3.84. The quantitative estimate of drug-likeness (QED) is 0.459. The first-order valence-corrected chi connectivity index (χ1v) is 6.52. The third kappa shape index (κ3) is 5.49. The van der Waals surface area contributed by atoms with Crippen molar-refractivity contribution in [1.29, 1.82) is 0 Å². The second-order valence-corrected chi connectivity index (χ2v) is 4.55. The van der Waals surface area contributed by atoms with Gasteiger partial charge in [-0.3, -0.25) is 0 Å². The Hall–Kier alpha value is -1.26. The molecule has 0 aliphatic carbocycles. The third-order valence-electron chi connectivity index (χ3n) is 2.09. The molecule has 0 bridgehead atoms. The van der Waals surface area contributed by atoms with Gasteiger partial charge in [0.25, 0.3) is 0 Å². The van der Waals surface area contributed by atoms with Gasteiger partial charge in [0.1, 0.15) is 0 Å². The van der Waals surface area contributed by atoms with Crippen LogP contribution in [-0.2, 0) is 14.4 Å². The Morgan fingerprint density at radius 3 is 2.95 bits per heavy atom. The first-order valence-electron chi connectivity index (χ1n) is 5.77. The lowest BCUT2D eigenvalue weighted by atomic mass is 10.2. The van der Waals surface area contributed by atoms with E-state index in [1.807, 2.05) is 6.92 Å². The summed E-state index contributed by atoms with van der Waals surface area (Å²) in [5, 5.41) is 4.53.